The van der Waals surface area contributed by atoms with Crippen molar-refractivity contribution in [2.75, 3.05) is 12.3 Å². The number of nitrogens with zero attached hydrogens (tertiary/aromatic N) is 4. The molecule has 20 heavy (non-hydrogen) atoms. The van der Waals surface area contributed by atoms with Gasteiger partial charge < -0.3 is 20.7 Å². The number of anilines is 1. The van der Waals surface area contributed by atoms with Gasteiger partial charge in [0.25, 0.3) is 0 Å². The summed E-state index contributed by atoms with van der Waals surface area (Å²) in [6.07, 6.45) is -1.82. The predicted octanol–water partition coefficient (Wildman–Crippen LogP) is -3.36. The molecule has 10 heteroatoms. The minimum Gasteiger partial charge on any atom is -0.394 e. The molecule has 0 spiro atoms. The average Bonchev–Trinajstić information content (AvgIpc) is 2.89. The van der Waals surface area contributed by atoms with Crippen LogP contribution in [-0.2, 0) is 4.74 Å². The molecule has 0 saturated carbocycles. The summed E-state index contributed by atoms with van der Waals surface area (Å²) >= 11 is 0. The number of hydrogen-bond acceptors (Lipinski definition) is 7. The number of ether oxygens (including phenoxy) is 1. The average molecular weight is 271 g/mol. The molecule has 3 heterocycles. The summed E-state index contributed by atoms with van der Waals surface area (Å²) in [6, 6.07) is 0. The summed E-state index contributed by atoms with van der Waals surface area (Å²) in [5.74, 6) is 0.101. The Labute approximate surface area is 116 Å². The monoisotopic (exact) mass is 271 g/mol. The first-order valence-electron chi connectivity index (χ1n) is 6.02. The van der Waals surface area contributed by atoms with Crippen molar-refractivity contribution in [3.05, 3.63) is 0 Å². The standard InChI is InChI=1S/C10H11B2N5O3/c11-9-15-6(13)5-7(16-9)17(10(12)14-5)8-4(19)1-3(2-18)20-8/h3-4,8,18-19H,1-2H2,(H2,13,15,16)/t3-,4+,8+/m0/s1. The molecular formula is C10H11B2N5O3. The smallest absolute Gasteiger partial charge is 0.170 e. The highest BCUT2D eigenvalue weighted by Crippen LogP contribution is 2.30. The minimum atomic E-state index is -0.843. The molecule has 0 aromatic carbocycles. The van der Waals surface area contributed by atoms with Crippen LogP contribution in [0.25, 0.3) is 11.2 Å². The molecule has 1 saturated heterocycles. The van der Waals surface area contributed by atoms with E-state index in [4.69, 9.17) is 31.3 Å². The molecule has 4 N–H and O–H groups in total. The van der Waals surface area contributed by atoms with Crippen LogP contribution in [-0.4, -0.2) is 64.2 Å². The van der Waals surface area contributed by atoms with Crippen LogP contribution in [0.5, 0.6) is 0 Å². The van der Waals surface area contributed by atoms with E-state index in [0.29, 0.717) is 5.52 Å². The van der Waals surface area contributed by atoms with Gasteiger partial charge in [-0.25, -0.2) is 15.0 Å². The molecule has 0 unspecified atom stereocenters. The van der Waals surface area contributed by atoms with E-state index >= 15 is 0 Å². The second-order valence-corrected chi connectivity index (χ2v) is 4.61. The maximum Gasteiger partial charge on any atom is 0.170 e. The fraction of sp³-hybridized carbons (Fsp3) is 0.500. The van der Waals surface area contributed by atoms with E-state index in [1.165, 1.54) is 4.57 Å². The van der Waals surface area contributed by atoms with Crippen LogP contribution in [0, 0.1) is 0 Å². The zero-order chi connectivity index (χ0) is 14.4. The van der Waals surface area contributed by atoms with Crippen molar-refractivity contribution in [1.29, 1.82) is 0 Å². The SMILES string of the molecule is [B]c1nc(N)c2nc([B])n([C@@H]3O[C@H](CO)C[C@H]3O)c2n1. The molecule has 3 rings (SSSR count). The van der Waals surface area contributed by atoms with Crippen molar-refractivity contribution >= 4 is 44.1 Å². The third kappa shape index (κ3) is 1.96. The largest absolute Gasteiger partial charge is 0.394 e. The Morgan fingerprint density at radius 3 is 2.75 bits per heavy atom. The molecule has 1 aliphatic heterocycles. The van der Waals surface area contributed by atoms with Gasteiger partial charge in [-0.3, -0.25) is 4.57 Å². The molecular weight excluding hydrogens is 260 g/mol. The first kappa shape index (κ1) is 13.3. The lowest BCUT2D eigenvalue weighted by molar-refractivity contribution is -0.0471. The minimum absolute atomic E-state index is 0.0256. The van der Waals surface area contributed by atoms with Crippen LogP contribution in [0.1, 0.15) is 12.6 Å². The molecule has 1 aliphatic rings. The van der Waals surface area contributed by atoms with Gasteiger partial charge in [-0.15, -0.1) is 0 Å². The van der Waals surface area contributed by atoms with Crippen LogP contribution in [0.15, 0.2) is 0 Å². The third-order valence-corrected chi connectivity index (χ3v) is 3.23. The molecule has 0 aliphatic carbocycles. The number of aromatic nitrogens is 4. The summed E-state index contributed by atoms with van der Waals surface area (Å²) in [6.45, 7) is -0.195. The topological polar surface area (TPSA) is 119 Å². The van der Waals surface area contributed by atoms with E-state index in [-0.39, 0.29) is 35.9 Å². The van der Waals surface area contributed by atoms with Crippen LogP contribution in [0.3, 0.4) is 0 Å². The Morgan fingerprint density at radius 2 is 2.10 bits per heavy atom. The number of aliphatic hydroxyl groups excluding tert-OH is 2. The summed E-state index contributed by atoms with van der Waals surface area (Å²) in [4.78, 5) is 11.9. The number of fused-ring (bicyclic) bond motifs is 1. The Hall–Kier alpha value is -1.64. The van der Waals surface area contributed by atoms with Gasteiger partial charge >= 0.3 is 0 Å². The van der Waals surface area contributed by atoms with Crippen molar-refractivity contribution < 1.29 is 14.9 Å². The van der Waals surface area contributed by atoms with Gasteiger partial charge in [0.15, 0.2) is 33.4 Å². The molecule has 100 valence electrons. The van der Waals surface area contributed by atoms with E-state index in [1.807, 2.05) is 0 Å². The molecule has 0 bridgehead atoms. The normalized spacial score (nSPS) is 26.4. The predicted molar refractivity (Wildman–Crippen MR) is 72.1 cm³/mol. The van der Waals surface area contributed by atoms with Crippen molar-refractivity contribution in [2.24, 2.45) is 0 Å². The molecule has 2 aromatic heterocycles. The van der Waals surface area contributed by atoms with E-state index in [9.17, 15) is 5.11 Å². The Kier molecular flexibility index (Phi) is 3.15. The first-order valence-corrected chi connectivity index (χ1v) is 6.02. The quantitative estimate of drug-likeness (QED) is 0.488. The van der Waals surface area contributed by atoms with E-state index in [1.54, 1.807) is 0 Å². The number of hydrogen-bond donors (Lipinski definition) is 3. The highest BCUT2D eigenvalue weighted by Gasteiger charge is 2.36. The van der Waals surface area contributed by atoms with Gasteiger partial charge in [0.2, 0.25) is 0 Å². The zero-order valence-corrected chi connectivity index (χ0v) is 10.5. The van der Waals surface area contributed by atoms with Crippen molar-refractivity contribution in [3.8, 4) is 0 Å². The second kappa shape index (κ2) is 4.72. The van der Waals surface area contributed by atoms with Gasteiger partial charge in [-0.1, -0.05) is 0 Å². The fourth-order valence-electron chi connectivity index (χ4n) is 2.36. The van der Waals surface area contributed by atoms with Crippen LogP contribution < -0.4 is 17.2 Å². The summed E-state index contributed by atoms with van der Waals surface area (Å²) in [5.41, 5.74) is 6.35. The lowest BCUT2D eigenvalue weighted by Gasteiger charge is -2.18. The summed E-state index contributed by atoms with van der Waals surface area (Å²) in [7, 11) is 11.4. The maximum atomic E-state index is 10.0. The molecule has 8 nitrogen and oxygen atoms in total. The van der Waals surface area contributed by atoms with E-state index in [2.05, 4.69) is 15.0 Å². The number of aliphatic hydroxyl groups is 2. The Balaban J connectivity index is 2.14. The maximum absolute atomic E-state index is 10.0. The zero-order valence-electron chi connectivity index (χ0n) is 10.5. The summed E-state index contributed by atoms with van der Waals surface area (Å²) in [5, 5.41) is 19.2. The second-order valence-electron chi connectivity index (χ2n) is 4.61. The molecule has 4 radical (unpaired) electrons. The van der Waals surface area contributed by atoms with Crippen LogP contribution in [0.2, 0.25) is 0 Å². The van der Waals surface area contributed by atoms with Crippen molar-refractivity contribution in [1.82, 2.24) is 19.5 Å². The fourth-order valence-corrected chi connectivity index (χ4v) is 2.36. The number of nitrogen functional groups attached to an aromatic ring is 1. The number of nitrogens with two attached hydrogens (primary N) is 1. The first-order chi connectivity index (χ1) is 9.51. The van der Waals surface area contributed by atoms with Gasteiger partial charge in [0.1, 0.15) is 11.6 Å². The Morgan fingerprint density at radius 1 is 1.35 bits per heavy atom. The van der Waals surface area contributed by atoms with Gasteiger partial charge in [0, 0.05) is 6.42 Å². The summed E-state index contributed by atoms with van der Waals surface area (Å²) < 4.78 is 6.94. The lowest BCUT2D eigenvalue weighted by Crippen LogP contribution is -2.30. The number of imidazole rings is 1. The van der Waals surface area contributed by atoms with Crippen molar-refractivity contribution in [2.45, 2.75) is 24.9 Å². The molecule has 1 fully saturated rings. The highest BCUT2D eigenvalue weighted by molar-refractivity contribution is 6.31. The van der Waals surface area contributed by atoms with E-state index < -0.39 is 18.4 Å². The molecule has 2 aromatic rings. The Bertz CT molecular complexity index is 664. The van der Waals surface area contributed by atoms with Crippen LogP contribution in [0.4, 0.5) is 5.82 Å². The van der Waals surface area contributed by atoms with Crippen LogP contribution >= 0.6 is 0 Å². The molecule has 3 atom stereocenters. The lowest BCUT2D eigenvalue weighted by atomic mass is 10.1. The third-order valence-electron chi connectivity index (χ3n) is 3.23. The van der Waals surface area contributed by atoms with E-state index in [0.717, 1.165) is 0 Å². The number of rotatable bonds is 2. The molecule has 0 amide bonds. The van der Waals surface area contributed by atoms with Gasteiger partial charge in [0.05, 0.1) is 24.2 Å². The van der Waals surface area contributed by atoms with Crippen molar-refractivity contribution in [3.63, 3.8) is 0 Å². The highest BCUT2D eigenvalue weighted by atomic mass is 16.5. The van der Waals surface area contributed by atoms with Gasteiger partial charge in [-0.2, -0.15) is 0 Å². The van der Waals surface area contributed by atoms with Gasteiger partial charge in [-0.05, 0) is 0 Å².